The van der Waals surface area contributed by atoms with Gasteiger partial charge in [0.25, 0.3) is 0 Å². The van der Waals surface area contributed by atoms with Crippen molar-refractivity contribution >= 4 is 5.91 Å². The SMILES string of the molecule is CC(C(=O)NCc1ccccc1)C(N)c1ccccc1. The van der Waals surface area contributed by atoms with Crippen molar-refractivity contribution in [2.45, 2.75) is 19.5 Å². The molecule has 2 rings (SSSR count). The number of benzene rings is 2. The van der Waals surface area contributed by atoms with Crippen molar-refractivity contribution in [2.24, 2.45) is 11.7 Å². The maximum atomic E-state index is 12.1. The molecule has 104 valence electrons. The molecule has 0 saturated heterocycles. The summed E-state index contributed by atoms with van der Waals surface area (Å²) < 4.78 is 0. The third kappa shape index (κ3) is 3.68. The number of carbonyl (C=O) groups is 1. The molecular weight excluding hydrogens is 248 g/mol. The normalized spacial score (nSPS) is 13.5. The van der Waals surface area contributed by atoms with E-state index in [0.29, 0.717) is 6.54 Å². The van der Waals surface area contributed by atoms with E-state index < -0.39 is 0 Å². The van der Waals surface area contributed by atoms with Crippen molar-refractivity contribution in [1.29, 1.82) is 0 Å². The van der Waals surface area contributed by atoms with Gasteiger partial charge in [0.2, 0.25) is 5.91 Å². The van der Waals surface area contributed by atoms with E-state index >= 15 is 0 Å². The molecule has 2 unspecified atom stereocenters. The van der Waals surface area contributed by atoms with Gasteiger partial charge in [-0.1, -0.05) is 67.6 Å². The fourth-order valence-electron chi connectivity index (χ4n) is 2.07. The molecule has 0 fully saturated rings. The predicted octanol–water partition coefficient (Wildman–Crippen LogP) is 2.64. The molecule has 0 aliphatic carbocycles. The number of hydrogen-bond donors (Lipinski definition) is 2. The van der Waals surface area contributed by atoms with E-state index in [9.17, 15) is 4.79 Å². The fourth-order valence-corrected chi connectivity index (χ4v) is 2.07. The molecule has 3 N–H and O–H groups in total. The van der Waals surface area contributed by atoms with Crippen LogP contribution in [0.15, 0.2) is 60.7 Å². The van der Waals surface area contributed by atoms with Gasteiger partial charge in [-0.25, -0.2) is 0 Å². The van der Waals surface area contributed by atoms with Crippen LogP contribution in [-0.2, 0) is 11.3 Å². The second kappa shape index (κ2) is 6.87. The van der Waals surface area contributed by atoms with Gasteiger partial charge in [-0.05, 0) is 11.1 Å². The largest absolute Gasteiger partial charge is 0.352 e. The molecule has 0 aromatic heterocycles. The molecule has 0 aliphatic rings. The van der Waals surface area contributed by atoms with E-state index in [1.807, 2.05) is 67.6 Å². The summed E-state index contributed by atoms with van der Waals surface area (Å²) in [6.07, 6.45) is 0. The number of nitrogens with two attached hydrogens (primary N) is 1. The van der Waals surface area contributed by atoms with Gasteiger partial charge in [-0.15, -0.1) is 0 Å². The molecule has 0 radical (unpaired) electrons. The van der Waals surface area contributed by atoms with Crippen molar-refractivity contribution in [2.75, 3.05) is 0 Å². The summed E-state index contributed by atoms with van der Waals surface area (Å²) >= 11 is 0. The van der Waals surface area contributed by atoms with Crippen molar-refractivity contribution in [1.82, 2.24) is 5.32 Å². The quantitative estimate of drug-likeness (QED) is 0.876. The first-order valence-corrected chi connectivity index (χ1v) is 6.80. The van der Waals surface area contributed by atoms with Crippen molar-refractivity contribution in [3.63, 3.8) is 0 Å². The highest BCUT2D eigenvalue weighted by atomic mass is 16.1. The summed E-state index contributed by atoms with van der Waals surface area (Å²) in [5.41, 5.74) is 8.21. The second-order valence-corrected chi connectivity index (χ2v) is 4.93. The zero-order valence-electron chi connectivity index (χ0n) is 11.6. The van der Waals surface area contributed by atoms with Crippen LogP contribution in [0.3, 0.4) is 0 Å². The third-order valence-electron chi connectivity index (χ3n) is 3.45. The van der Waals surface area contributed by atoms with E-state index in [1.165, 1.54) is 0 Å². The van der Waals surface area contributed by atoms with Crippen molar-refractivity contribution in [3.8, 4) is 0 Å². The molecule has 3 nitrogen and oxygen atoms in total. The van der Waals surface area contributed by atoms with E-state index in [-0.39, 0.29) is 17.9 Å². The molecule has 0 bridgehead atoms. The van der Waals surface area contributed by atoms with Gasteiger partial charge >= 0.3 is 0 Å². The van der Waals surface area contributed by atoms with Gasteiger partial charge in [-0.2, -0.15) is 0 Å². The van der Waals surface area contributed by atoms with E-state index in [2.05, 4.69) is 5.32 Å². The first kappa shape index (κ1) is 14.3. The molecule has 2 atom stereocenters. The van der Waals surface area contributed by atoms with Crippen LogP contribution in [0.4, 0.5) is 0 Å². The Balaban J connectivity index is 1.92. The molecule has 2 aromatic rings. The fraction of sp³-hybridized carbons (Fsp3) is 0.235. The van der Waals surface area contributed by atoms with Gasteiger partial charge in [0.15, 0.2) is 0 Å². The molecule has 2 aromatic carbocycles. The Morgan fingerprint density at radius 2 is 1.60 bits per heavy atom. The lowest BCUT2D eigenvalue weighted by Gasteiger charge is -2.19. The topological polar surface area (TPSA) is 55.1 Å². The van der Waals surface area contributed by atoms with Crippen molar-refractivity contribution in [3.05, 3.63) is 71.8 Å². The van der Waals surface area contributed by atoms with E-state index in [1.54, 1.807) is 0 Å². The Bertz CT molecular complexity index is 539. The molecule has 20 heavy (non-hydrogen) atoms. The zero-order valence-corrected chi connectivity index (χ0v) is 11.6. The number of hydrogen-bond acceptors (Lipinski definition) is 2. The first-order chi connectivity index (χ1) is 9.68. The summed E-state index contributed by atoms with van der Waals surface area (Å²) in [6.45, 7) is 2.39. The summed E-state index contributed by atoms with van der Waals surface area (Å²) in [6, 6.07) is 19.3. The van der Waals surface area contributed by atoms with Gasteiger partial charge < -0.3 is 11.1 Å². The maximum absolute atomic E-state index is 12.1. The average Bonchev–Trinajstić information content (AvgIpc) is 2.53. The minimum atomic E-state index is -0.285. The Morgan fingerprint density at radius 3 is 2.20 bits per heavy atom. The Labute approximate surface area is 119 Å². The van der Waals surface area contributed by atoms with Gasteiger partial charge in [-0.3, -0.25) is 4.79 Å². The average molecular weight is 268 g/mol. The molecule has 0 heterocycles. The van der Waals surface area contributed by atoms with Crippen LogP contribution >= 0.6 is 0 Å². The zero-order chi connectivity index (χ0) is 14.4. The number of amides is 1. The smallest absolute Gasteiger partial charge is 0.225 e. The lowest BCUT2D eigenvalue weighted by atomic mass is 9.94. The summed E-state index contributed by atoms with van der Waals surface area (Å²) in [4.78, 5) is 12.1. The third-order valence-corrected chi connectivity index (χ3v) is 3.45. The molecule has 0 saturated carbocycles. The number of rotatable bonds is 5. The van der Waals surface area contributed by atoms with Crippen molar-refractivity contribution < 1.29 is 4.79 Å². The Morgan fingerprint density at radius 1 is 1.05 bits per heavy atom. The molecule has 3 heteroatoms. The first-order valence-electron chi connectivity index (χ1n) is 6.80. The monoisotopic (exact) mass is 268 g/mol. The summed E-state index contributed by atoms with van der Waals surface area (Å²) in [5.74, 6) is -0.286. The lowest BCUT2D eigenvalue weighted by molar-refractivity contribution is -0.125. The predicted molar refractivity (Wildman–Crippen MR) is 80.8 cm³/mol. The van der Waals surface area contributed by atoms with E-state index in [0.717, 1.165) is 11.1 Å². The van der Waals surface area contributed by atoms with Gasteiger partial charge in [0.05, 0.1) is 5.92 Å². The van der Waals surface area contributed by atoms with Crippen LogP contribution in [0.2, 0.25) is 0 Å². The highest BCUT2D eigenvalue weighted by molar-refractivity contribution is 5.79. The minimum absolute atomic E-state index is 0.0230. The Kier molecular flexibility index (Phi) is 4.91. The number of nitrogens with one attached hydrogen (secondary N) is 1. The highest BCUT2D eigenvalue weighted by Crippen LogP contribution is 2.19. The summed E-state index contributed by atoms with van der Waals surface area (Å²) in [5, 5.41) is 2.93. The van der Waals surface area contributed by atoms with E-state index in [4.69, 9.17) is 5.73 Å². The van der Waals surface area contributed by atoms with Crippen LogP contribution in [0.25, 0.3) is 0 Å². The Hall–Kier alpha value is -2.13. The van der Waals surface area contributed by atoms with Crippen LogP contribution < -0.4 is 11.1 Å². The molecular formula is C17H20N2O. The standard InChI is InChI=1S/C17H20N2O/c1-13(16(18)15-10-6-3-7-11-15)17(20)19-12-14-8-4-2-5-9-14/h2-11,13,16H,12,18H2,1H3,(H,19,20). The van der Waals surface area contributed by atoms with Gasteiger partial charge in [0, 0.05) is 12.6 Å². The maximum Gasteiger partial charge on any atom is 0.225 e. The molecule has 0 spiro atoms. The second-order valence-electron chi connectivity index (χ2n) is 4.93. The lowest BCUT2D eigenvalue weighted by Crippen LogP contribution is -2.35. The van der Waals surface area contributed by atoms with Crippen LogP contribution in [0.5, 0.6) is 0 Å². The van der Waals surface area contributed by atoms with Crippen LogP contribution in [0.1, 0.15) is 24.1 Å². The van der Waals surface area contributed by atoms with Crippen LogP contribution in [-0.4, -0.2) is 5.91 Å². The number of carbonyl (C=O) groups excluding carboxylic acids is 1. The molecule has 1 amide bonds. The van der Waals surface area contributed by atoms with Crippen LogP contribution in [0, 0.1) is 5.92 Å². The molecule has 0 aliphatic heterocycles. The minimum Gasteiger partial charge on any atom is -0.352 e. The van der Waals surface area contributed by atoms with Gasteiger partial charge in [0.1, 0.15) is 0 Å². The highest BCUT2D eigenvalue weighted by Gasteiger charge is 2.21. The summed E-state index contributed by atoms with van der Waals surface area (Å²) in [7, 11) is 0.